The number of rotatable bonds is 6. The highest BCUT2D eigenvalue weighted by Crippen LogP contribution is 2.41. The number of hydrogen-bond donors (Lipinski definition) is 0. The average Bonchev–Trinajstić information content (AvgIpc) is 2.60. The Kier molecular flexibility index (Phi) is 8.52. The Balaban J connectivity index is 0.00000151. The topological polar surface area (TPSA) is 64.8 Å². The van der Waals surface area contributed by atoms with Gasteiger partial charge in [0.25, 0.3) is 0 Å². The maximum atomic E-state index is 10.3. The zero-order valence-electron chi connectivity index (χ0n) is 16.3. The zero-order valence-corrected chi connectivity index (χ0v) is 16.3. The third-order valence-corrected chi connectivity index (χ3v) is 4.73. The third-order valence-electron chi connectivity index (χ3n) is 4.73. The zero-order chi connectivity index (χ0) is 19.0. The van der Waals surface area contributed by atoms with Gasteiger partial charge in [-0.3, -0.25) is 4.89 Å². The van der Waals surface area contributed by atoms with Crippen LogP contribution in [0.2, 0.25) is 0 Å². The summed E-state index contributed by atoms with van der Waals surface area (Å²) in [5, 5.41) is 9.34. The number of nitrogens with zero attached hydrogens (tertiary/aromatic N) is 2. The predicted molar refractivity (Wildman–Crippen MR) is 100 cm³/mol. The van der Waals surface area contributed by atoms with E-state index in [-0.39, 0.29) is 0 Å². The van der Waals surface area contributed by atoms with Crippen molar-refractivity contribution in [3.8, 4) is 5.75 Å². The molecule has 0 amide bonds. The smallest absolute Gasteiger partial charge is 0.331 e. The SMILES string of the molecule is CC.CC1CCCC(c2ccc(OO[N+](=O)[O-])cc2N(C)C(C)C)C1. The van der Waals surface area contributed by atoms with E-state index >= 15 is 0 Å². The van der Waals surface area contributed by atoms with E-state index in [4.69, 9.17) is 4.89 Å². The fourth-order valence-electron chi connectivity index (χ4n) is 3.29. The van der Waals surface area contributed by atoms with Crippen molar-refractivity contribution < 1.29 is 15.0 Å². The molecule has 1 saturated carbocycles. The number of benzene rings is 1. The third kappa shape index (κ3) is 6.11. The molecule has 0 heterocycles. The van der Waals surface area contributed by atoms with Crippen molar-refractivity contribution >= 4 is 5.69 Å². The molecule has 0 N–H and O–H groups in total. The van der Waals surface area contributed by atoms with Crippen molar-refractivity contribution in [2.24, 2.45) is 5.92 Å². The Morgan fingerprint density at radius 1 is 1.28 bits per heavy atom. The monoisotopic (exact) mass is 352 g/mol. The van der Waals surface area contributed by atoms with Crippen LogP contribution < -0.4 is 9.79 Å². The lowest BCUT2D eigenvalue weighted by Gasteiger charge is -2.33. The summed E-state index contributed by atoms with van der Waals surface area (Å²) < 4.78 is 0. The first kappa shape index (κ1) is 21.1. The second-order valence-corrected chi connectivity index (χ2v) is 6.78. The highest BCUT2D eigenvalue weighted by molar-refractivity contribution is 5.58. The molecular formula is C19H32N2O4. The standard InChI is InChI=1S/C17H26N2O4.C2H6/c1-12(2)18(4)17-11-15(22-23-19(20)21)8-9-16(17)14-7-5-6-13(3)10-14;1-2/h8-9,11-14H,5-7,10H2,1-4H3;1-2H3. The molecule has 0 bridgehead atoms. The van der Waals surface area contributed by atoms with Gasteiger partial charge < -0.3 is 4.90 Å². The fraction of sp³-hybridized carbons (Fsp3) is 0.684. The van der Waals surface area contributed by atoms with Crippen molar-refractivity contribution in [3.05, 3.63) is 33.9 Å². The maximum absolute atomic E-state index is 10.3. The van der Waals surface area contributed by atoms with Gasteiger partial charge in [0.15, 0.2) is 5.75 Å². The number of anilines is 1. The largest absolute Gasteiger partial charge is 0.372 e. The van der Waals surface area contributed by atoms with Gasteiger partial charge in [0.2, 0.25) is 0 Å². The Labute approximate surface area is 151 Å². The van der Waals surface area contributed by atoms with Gasteiger partial charge in [-0.05, 0) is 50.2 Å². The van der Waals surface area contributed by atoms with Crippen molar-refractivity contribution in [2.75, 3.05) is 11.9 Å². The summed E-state index contributed by atoms with van der Waals surface area (Å²) in [5.74, 6) is 1.61. The van der Waals surface area contributed by atoms with Gasteiger partial charge in [-0.1, -0.05) is 44.7 Å². The summed E-state index contributed by atoms with van der Waals surface area (Å²) in [6.07, 6.45) is 4.92. The molecule has 1 aliphatic rings. The van der Waals surface area contributed by atoms with Crippen LogP contribution in [0, 0.1) is 16.0 Å². The van der Waals surface area contributed by atoms with Crippen molar-refractivity contribution in [1.82, 2.24) is 0 Å². The summed E-state index contributed by atoms with van der Waals surface area (Å²) in [4.78, 5) is 21.3. The average molecular weight is 352 g/mol. The predicted octanol–water partition coefficient (Wildman–Crippen LogP) is 5.35. The van der Waals surface area contributed by atoms with Crippen LogP contribution in [-0.2, 0) is 4.99 Å². The summed E-state index contributed by atoms with van der Waals surface area (Å²) in [5.41, 5.74) is 2.35. The highest BCUT2D eigenvalue weighted by atomic mass is 17.3. The molecule has 1 aliphatic carbocycles. The first-order valence-corrected chi connectivity index (χ1v) is 9.24. The van der Waals surface area contributed by atoms with Crippen LogP contribution in [0.4, 0.5) is 5.69 Å². The Morgan fingerprint density at radius 2 is 1.96 bits per heavy atom. The van der Waals surface area contributed by atoms with Crippen LogP contribution in [0.1, 0.15) is 71.8 Å². The van der Waals surface area contributed by atoms with Crippen LogP contribution in [0.15, 0.2) is 18.2 Å². The molecule has 2 atom stereocenters. The van der Waals surface area contributed by atoms with Crippen molar-refractivity contribution in [3.63, 3.8) is 0 Å². The van der Waals surface area contributed by atoms with E-state index in [1.165, 1.54) is 31.2 Å². The molecule has 1 aromatic carbocycles. The van der Waals surface area contributed by atoms with Gasteiger partial charge in [-0.15, -0.1) is 10.1 Å². The Bertz CT molecular complexity index is 548. The number of hydrogen-bond acceptors (Lipinski definition) is 5. The lowest BCUT2D eigenvalue weighted by Crippen LogP contribution is -2.27. The lowest BCUT2D eigenvalue weighted by molar-refractivity contribution is -0.832. The van der Waals surface area contributed by atoms with E-state index in [2.05, 4.69) is 30.7 Å². The van der Waals surface area contributed by atoms with Crippen molar-refractivity contribution in [2.45, 2.75) is 72.3 Å². The van der Waals surface area contributed by atoms with Gasteiger partial charge in [0.05, 0.1) is 0 Å². The fourth-order valence-corrected chi connectivity index (χ4v) is 3.29. The first-order valence-electron chi connectivity index (χ1n) is 9.24. The molecule has 0 radical (unpaired) electrons. The normalized spacial score (nSPS) is 19.6. The van der Waals surface area contributed by atoms with Crippen LogP contribution in [0.5, 0.6) is 5.75 Å². The summed E-state index contributed by atoms with van der Waals surface area (Å²) in [6, 6.07) is 5.92. The van der Waals surface area contributed by atoms with Gasteiger partial charge in [-0.25, -0.2) is 0 Å². The first-order chi connectivity index (χ1) is 11.9. The van der Waals surface area contributed by atoms with E-state index < -0.39 is 5.09 Å². The van der Waals surface area contributed by atoms with Crippen LogP contribution >= 0.6 is 0 Å². The summed E-state index contributed by atoms with van der Waals surface area (Å²) >= 11 is 0. The minimum Gasteiger partial charge on any atom is -0.372 e. The van der Waals surface area contributed by atoms with Gasteiger partial charge in [0.1, 0.15) is 0 Å². The molecule has 25 heavy (non-hydrogen) atoms. The van der Waals surface area contributed by atoms with Crippen LogP contribution in [-0.4, -0.2) is 18.2 Å². The molecule has 2 rings (SSSR count). The van der Waals surface area contributed by atoms with E-state index in [0.29, 0.717) is 17.7 Å². The van der Waals surface area contributed by atoms with E-state index in [0.717, 1.165) is 11.6 Å². The molecule has 1 fully saturated rings. The quantitative estimate of drug-likeness (QED) is 0.392. The molecule has 2 unspecified atom stereocenters. The molecule has 0 aliphatic heterocycles. The molecular weight excluding hydrogens is 320 g/mol. The molecule has 0 saturated heterocycles. The van der Waals surface area contributed by atoms with Gasteiger partial charge in [0, 0.05) is 24.8 Å². The Morgan fingerprint density at radius 3 is 2.52 bits per heavy atom. The molecule has 6 heteroatoms. The maximum Gasteiger partial charge on any atom is 0.331 e. The van der Waals surface area contributed by atoms with Crippen LogP contribution in [0.25, 0.3) is 0 Å². The second kappa shape index (κ2) is 10.1. The Hall–Kier alpha value is -1.98. The van der Waals surface area contributed by atoms with Gasteiger partial charge >= 0.3 is 5.09 Å². The lowest BCUT2D eigenvalue weighted by atomic mass is 9.78. The highest BCUT2D eigenvalue weighted by Gasteiger charge is 2.24. The molecule has 142 valence electrons. The van der Waals surface area contributed by atoms with Crippen LogP contribution in [0.3, 0.4) is 0 Å². The van der Waals surface area contributed by atoms with Crippen molar-refractivity contribution in [1.29, 1.82) is 0 Å². The van der Waals surface area contributed by atoms with E-state index in [9.17, 15) is 10.1 Å². The second-order valence-electron chi connectivity index (χ2n) is 6.78. The van der Waals surface area contributed by atoms with E-state index in [1.807, 2.05) is 33.0 Å². The van der Waals surface area contributed by atoms with Gasteiger partial charge in [-0.2, -0.15) is 0 Å². The molecule has 0 spiro atoms. The summed E-state index contributed by atoms with van der Waals surface area (Å²) in [7, 11) is 2.04. The minimum absolute atomic E-state index is 0.321. The molecule has 1 aromatic rings. The molecule has 0 aromatic heterocycles. The summed E-state index contributed by atoms with van der Waals surface area (Å²) in [6.45, 7) is 10.5. The molecule has 6 nitrogen and oxygen atoms in total. The van der Waals surface area contributed by atoms with E-state index in [1.54, 1.807) is 6.07 Å². The minimum atomic E-state index is -0.956.